The molecule has 1 aliphatic rings. The number of carbonyl (C=O) groups is 1. The van der Waals surface area contributed by atoms with Crippen molar-refractivity contribution in [1.29, 1.82) is 0 Å². The quantitative estimate of drug-likeness (QED) is 0.767. The first-order valence-corrected chi connectivity index (χ1v) is 4.84. The Balaban J connectivity index is 2.50. The third kappa shape index (κ3) is 1.68. The second-order valence-corrected chi connectivity index (χ2v) is 3.55. The molecular weight excluding hydrogens is 196 g/mol. The van der Waals surface area contributed by atoms with Crippen LogP contribution in [0.15, 0.2) is 18.2 Å². The highest BCUT2D eigenvalue weighted by Gasteiger charge is 2.24. The summed E-state index contributed by atoms with van der Waals surface area (Å²) in [5.74, 6) is -0.589. The second-order valence-electron chi connectivity index (χ2n) is 3.55. The molecular formula is C11H12O4. The van der Waals surface area contributed by atoms with E-state index in [0.29, 0.717) is 12.4 Å². The summed E-state index contributed by atoms with van der Waals surface area (Å²) < 4.78 is 5.36. The first kappa shape index (κ1) is 9.98. The first-order valence-electron chi connectivity index (χ1n) is 4.84. The van der Waals surface area contributed by atoms with E-state index in [2.05, 4.69) is 0 Å². The van der Waals surface area contributed by atoms with Gasteiger partial charge in [-0.2, -0.15) is 0 Å². The fraction of sp³-hybridized carbons (Fsp3) is 0.364. The van der Waals surface area contributed by atoms with Gasteiger partial charge in [0.05, 0.1) is 13.2 Å². The highest BCUT2D eigenvalue weighted by atomic mass is 16.5. The van der Waals surface area contributed by atoms with Crippen molar-refractivity contribution in [3.8, 4) is 5.75 Å². The van der Waals surface area contributed by atoms with E-state index in [0.717, 1.165) is 12.0 Å². The zero-order valence-corrected chi connectivity index (χ0v) is 8.14. The van der Waals surface area contributed by atoms with Crippen LogP contribution in [0, 0.1) is 0 Å². The molecule has 1 heterocycles. The SMILES string of the molecule is O=C(O)c1cccc2c1OCCC2CO. The topological polar surface area (TPSA) is 66.8 Å². The highest BCUT2D eigenvalue weighted by Crippen LogP contribution is 2.35. The smallest absolute Gasteiger partial charge is 0.339 e. The van der Waals surface area contributed by atoms with E-state index in [1.54, 1.807) is 6.07 Å². The van der Waals surface area contributed by atoms with Gasteiger partial charge in [-0.25, -0.2) is 4.79 Å². The van der Waals surface area contributed by atoms with E-state index in [1.165, 1.54) is 6.07 Å². The zero-order chi connectivity index (χ0) is 10.8. The molecule has 2 rings (SSSR count). The number of carboxylic acids is 1. The number of ether oxygens (including phenoxy) is 1. The Morgan fingerprint density at radius 2 is 2.33 bits per heavy atom. The van der Waals surface area contributed by atoms with Crippen LogP contribution in [0.2, 0.25) is 0 Å². The van der Waals surface area contributed by atoms with Gasteiger partial charge in [0.15, 0.2) is 0 Å². The second kappa shape index (κ2) is 3.90. The molecule has 0 aliphatic carbocycles. The van der Waals surface area contributed by atoms with Crippen LogP contribution in [-0.2, 0) is 0 Å². The molecule has 1 aliphatic heterocycles. The summed E-state index contributed by atoms with van der Waals surface area (Å²) in [6, 6.07) is 5.00. The molecule has 0 bridgehead atoms. The summed E-state index contributed by atoms with van der Waals surface area (Å²) in [6.07, 6.45) is 0.729. The van der Waals surface area contributed by atoms with Crippen LogP contribution in [0.1, 0.15) is 28.3 Å². The highest BCUT2D eigenvalue weighted by molar-refractivity contribution is 5.91. The van der Waals surface area contributed by atoms with E-state index in [9.17, 15) is 4.79 Å². The van der Waals surface area contributed by atoms with Crippen LogP contribution in [0.3, 0.4) is 0 Å². The predicted molar refractivity (Wildman–Crippen MR) is 53.3 cm³/mol. The Bertz CT molecular complexity index is 386. The lowest BCUT2D eigenvalue weighted by Gasteiger charge is -2.25. The van der Waals surface area contributed by atoms with E-state index in [4.69, 9.17) is 14.9 Å². The number of carboxylic acid groups (broad SMARTS) is 1. The van der Waals surface area contributed by atoms with E-state index < -0.39 is 5.97 Å². The van der Waals surface area contributed by atoms with Gasteiger partial charge in [-0.15, -0.1) is 0 Å². The minimum Gasteiger partial charge on any atom is -0.492 e. The maximum absolute atomic E-state index is 10.9. The van der Waals surface area contributed by atoms with Gasteiger partial charge < -0.3 is 14.9 Å². The lowest BCUT2D eigenvalue weighted by Crippen LogP contribution is -2.19. The van der Waals surface area contributed by atoms with Gasteiger partial charge >= 0.3 is 5.97 Å². The van der Waals surface area contributed by atoms with Gasteiger partial charge in [-0.3, -0.25) is 0 Å². The fourth-order valence-electron chi connectivity index (χ4n) is 1.85. The number of benzene rings is 1. The summed E-state index contributed by atoms with van der Waals surface area (Å²) in [5, 5.41) is 18.1. The van der Waals surface area contributed by atoms with Crippen molar-refractivity contribution in [2.75, 3.05) is 13.2 Å². The molecule has 1 aromatic carbocycles. The molecule has 0 saturated carbocycles. The molecule has 1 aromatic rings. The van der Waals surface area contributed by atoms with Gasteiger partial charge in [-0.1, -0.05) is 12.1 Å². The third-order valence-electron chi connectivity index (χ3n) is 2.65. The molecule has 15 heavy (non-hydrogen) atoms. The average Bonchev–Trinajstić information content (AvgIpc) is 2.27. The lowest BCUT2D eigenvalue weighted by molar-refractivity contribution is 0.0690. The van der Waals surface area contributed by atoms with Crippen molar-refractivity contribution in [2.45, 2.75) is 12.3 Å². The van der Waals surface area contributed by atoms with Crippen LogP contribution in [-0.4, -0.2) is 29.4 Å². The van der Waals surface area contributed by atoms with Crippen LogP contribution in [0.25, 0.3) is 0 Å². The molecule has 0 radical (unpaired) electrons. The number of aromatic carboxylic acids is 1. The fourth-order valence-corrected chi connectivity index (χ4v) is 1.85. The summed E-state index contributed by atoms with van der Waals surface area (Å²) in [6.45, 7) is 0.488. The molecule has 1 unspecified atom stereocenters. The molecule has 1 atom stereocenters. The van der Waals surface area contributed by atoms with Crippen LogP contribution < -0.4 is 4.74 Å². The third-order valence-corrected chi connectivity index (χ3v) is 2.65. The zero-order valence-electron chi connectivity index (χ0n) is 8.14. The summed E-state index contributed by atoms with van der Waals surface area (Å²) in [7, 11) is 0. The molecule has 0 amide bonds. The van der Waals surface area contributed by atoms with Gasteiger partial charge in [0, 0.05) is 11.5 Å². The lowest BCUT2D eigenvalue weighted by atomic mass is 9.92. The molecule has 80 valence electrons. The van der Waals surface area contributed by atoms with E-state index in [1.807, 2.05) is 6.07 Å². The number of hydrogen-bond donors (Lipinski definition) is 2. The first-order chi connectivity index (χ1) is 7.24. The van der Waals surface area contributed by atoms with E-state index in [-0.39, 0.29) is 18.1 Å². The van der Waals surface area contributed by atoms with Crippen LogP contribution in [0.4, 0.5) is 0 Å². The average molecular weight is 208 g/mol. The Hall–Kier alpha value is -1.55. The molecule has 0 saturated heterocycles. The number of hydrogen-bond acceptors (Lipinski definition) is 3. The van der Waals surface area contributed by atoms with Crippen molar-refractivity contribution in [3.05, 3.63) is 29.3 Å². The molecule has 4 heteroatoms. The summed E-state index contributed by atoms with van der Waals surface area (Å²) in [5.41, 5.74) is 0.967. The Morgan fingerprint density at radius 3 is 3.00 bits per heavy atom. The summed E-state index contributed by atoms with van der Waals surface area (Å²) >= 11 is 0. The minimum atomic E-state index is -0.995. The van der Waals surface area contributed by atoms with Crippen molar-refractivity contribution in [3.63, 3.8) is 0 Å². The van der Waals surface area contributed by atoms with Crippen molar-refractivity contribution in [2.24, 2.45) is 0 Å². The maximum Gasteiger partial charge on any atom is 0.339 e. The minimum absolute atomic E-state index is 0.00644. The van der Waals surface area contributed by atoms with Gasteiger partial charge in [0.1, 0.15) is 11.3 Å². The number of aliphatic hydroxyl groups excluding tert-OH is 1. The largest absolute Gasteiger partial charge is 0.492 e. The van der Waals surface area contributed by atoms with Crippen molar-refractivity contribution >= 4 is 5.97 Å². The summed E-state index contributed by atoms with van der Waals surface area (Å²) in [4.78, 5) is 10.9. The molecule has 0 fully saturated rings. The van der Waals surface area contributed by atoms with Gasteiger partial charge in [-0.05, 0) is 12.5 Å². The Kier molecular flexibility index (Phi) is 2.60. The predicted octanol–water partition coefficient (Wildman–Crippen LogP) is 1.24. The van der Waals surface area contributed by atoms with Crippen molar-refractivity contribution < 1.29 is 19.7 Å². The monoisotopic (exact) mass is 208 g/mol. The molecule has 2 N–H and O–H groups in total. The number of para-hydroxylation sites is 1. The molecule has 4 nitrogen and oxygen atoms in total. The van der Waals surface area contributed by atoms with Crippen LogP contribution >= 0.6 is 0 Å². The number of fused-ring (bicyclic) bond motifs is 1. The molecule has 0 aromatic heterocycles. The van der Waals surface area contributed by atoms with E-state index >= 15 is 0 Å². The Morgan fingerprint density at radius 1 is 1.53 bits per heavy atom. The van der Waals surface area contributed by atoms with Crippen molar-refractivity contribution in [1.82, 2.24) is 0 Å². The molecule has 0 spiro atoms. The standard InChI is InChI=1S/C11H12O4/c12-6-7-4-5-15-10-8(7)2-1-3-9(10)11(13)14/h1-3,7,12H,4-6H2,(H,13,14). The number of rotatable bonds is 2. The Labute approximate surface area is 87.1 Å². The normalized spacial score (nSPS) is 19.1. The number of aliphatic hydroxyl groups is 1. The van der Waals surface area contributed by atoms with Gasteiger partial charge in [0.25, 0.3) is 0 Å². The van der Waals surface area contributed by atoms with Gasteiger partial charge in [0.2, 0.25) is 0 Å². The maximum atomic E-state index is 10.9. The van der Waals surface area contributed by atoms with Crippen LogP contribution in [0.5, 0.6) is 5.75 Å².